The first kappa shape index (κ1) is 10.0. The number of benzene rings is 1. The van der Waals surface area contributed by atoms with Crippen molar-refractivity contribution in [1.29, 1.82) is 0 Å². The van der Waals surface area contributed by atoms with Gasteiger partial charge in [0.15, 0.2) is 0 Å². The SMILES string of the molecule is Cc1cc(C)c(Cl)c(C2(N)CCC2)c1. The average molecular weight is 210 g/mol. The van der Waals surface area contributed by atoms with Gasteiger partial charge >= 0.3 is 0 Å². The summed E-state index contributed by atoms with van der Waals surface area (Å²) in [4.78, 5) is 0. The van der Waals surface area contributed by atoms with E-state index in [1.807, 2.05) is 6.92 Å². The van der Waals surface area contributed by atoms with E-state index in [-0.39, 0.29) is 5.54 Å². The van der Waals surface area contributed by atoms with Crippen molar-refractivity contribution >= 4 is 11.6 Å². The second-order valence-corrected chi connectivity index (χ2v) is 4.83. The predicted octanol–water partition coefficient (Wildman–Crippen LogP) is 3.29. The fraction of sp³-hybridized carbons (Fsp3) is 0.500. The molecule has 0 heterocycles. The van der Waals surface area contributed by atoms with Crippen molar-refractivity contribution in [2.75, 3.05) is 0 Å². The number of aryl methyl sites for hydroxylation is 2. The van der Waals surface area contributed by atoms with Crippen LogP contribution in [0.3, 0.4) is 0 Å². The monoisotopic (exact) mass is 209 g/mol. The lowest BCUT2D eigenvalue weighted by atomic mass is 9.72. The number of nitrogens with two attached hydrogens (primary N) is 1. The maximum Gasteiger partial charge on any atom is 0.0485 e. The summed E-state index contributed by atoms with van der Waals surface area (Å²) in [5.41, 5.74) is 9.66. The topological polar surface area (TPSA) is 26.0 Å². The quantitative estimate of drug-likeness (QED) is 0.755. The normalized spacial score (nSPS) is 19.1. The van der Waals surface area contributed by atoms with E-state index in [2.05, 4.69) is 19.1 Å². The van der Waals surface area contributed by atoms with E-state index in [9.17, 15) is 0 Å². The molecule has 0 bridgehead atoms. The first-order valence-electron chi connectivity index (χ1n) is 5.09. The van der Waals surface area contributed by atoms with Gasteiger partial charge in [-0.3, -0.25) is 0 Å². The molecule has 0 unspecified atom stereocenters. The zero-order chi connectivity index (χ0) is 10.3. The largest absolute Gasteiger partial charge is 0.321 e. The third kappa shape index (κ3) is 1.45. The summed E-state index contributed by atoms with van der Waals surface area (Å²) in [5, 5.41) is 0.859. The highest BCUT2D eigenvalue weighted by atomic mass is 35.5. The lowest BCUT2D eigenvalue weighted by Gasteiger charge is -2.39. The molecule has 0 spiro atoms. The fourth-order valence-electron chi connectivity index (χ4n) is 2.14. The van der Waals surface area contributed by atoms with Gasteiger partial charge in [0.25, 0.3) is 0 Å². The van der Waals surface area contributed by atoms with Crippen LogP contribution in [0.5, 0.6) is 0 Å². The maximum absolute atomic E-state index is 6.28. The van der Waals surface area contributed by atoms with Gasteiger partial charge in [0.05, 0.1) is 0 Å². The second-order valence-electron chi connectivity index (χ2n) is 4.45. The summed E-state index contributed by atoms with van der Waals surface area (Å²) in [6.45, 7) is 4.13. The number of halogens is 1. The van der Waals surface area contributed by atoms with Crippen LogP contribution >= 0.6 is 11.6 Å². The molecule has 1 fully saturated rings. The molecule has 2 N–H and O–H groups in total. The Morgan fingerprint density at radius 3 is 2.43 bits per heavy atom. The van der Waals surface area contributed by atoms with Gasteiger partial charge in [0, 0.05) is 10.6 Å². The van der Waals surface area contributed by atoms with Crippen LogP contribution in [-0.4, -0.2) is 0 Å². The van der Waals surface area contributed by atoms with Gasteiger partial charge in [0.2, 0.25) is 0 Å². The molecule has 14 heavy (non-hydrogen) atoms. The molecule has 1 saturated carbocycles. The van der Waals surface area contributed by atoms with Crippen LogP contribution < -0.4 is 5.73 Å². The van der Waals surface area contributed by atoms with Gasteiger partial charge in [-0.1, -0.05) is 29.3 Å². The maximum atomic E-state index is 6.28. The highest BCUT2D eigenvalue weighted by molar-refractivity contribution is 6.32. The molecule has 2 rings (SSSR count). The summed E-state index contributed by atoms with van der Waals surface area (Å²) in [6.07, 6.45) is 3.35. The molecule has 0 aliphatic heterocycles. The van der Waals surface area contributed by atoms with Crippen molar-refractivity contribution in [2.45, 2.75) is 38.6 Å². The van der Waals surface area contributed by atoms with Crippen molar-refractivity contribution in [3.05, 3.63) is 33.8 Å². The van der Waals surface area contributed by atoms with Crippen molar-refractivity contribution in [3.8, 4) is 0 Å². The molecule has 1 aliphatic rings. The Labute approximate surface area is 90.3 Å². The van der Waals surface area contributed by atoms with E-state index in [0.717, 1.165) is 29.0 Å². The van der Waals surface area contributed by atoms with Crippen molar-refractivity contribution in [2.24, 2.45) is 5.73 Å². The van der Waals surface area contributed by atoms with Gasteiger partial charge in [-0.05, 0) is 44.2 Å². The van der Waals surface area contributed by atoms with Crippen LogP contribution in [0.15, 0.2) is 12.1 Å². The standard InChI is InChI=1S/C12H16ClN/c1-8-6-9(2)11(13)10(7-8)12(14)4-3-5-12/h6-7H,3-5,14H2,1-2H3. The summed E-state index contributed by atoms with van der Waals surface area (Å²) < 4.78 is 0. The lowest BCUT2D eigenvalue weighted by molar-refractivity contribution is 0.253. The molecule has 76 valence electrons. The van der Waals surface area contributed by atoms with Gasteiger partial charge in [0.1, 0.15) is 0 Å². The first-order chi connectivity index (χ1) is 6.53. The Kier molecular flexibility index (Phi) is 2.32. The van der Waals surface area contributed by atoms with Gasteiger partial charge in [-0.25, -0.2) is 0 Å². The average Bonchev–Trinajstić information content (AvgIpc) is 2.07. The van der Waals surface area contributed by atoms with E-state index in [1.54, 1.807) is 0 Å². The smallest absolute Gasteiger partial charge is 0.0485 e. The lowest BCUT2D eigenvalue weighted by Crippen LogP contribution is -2.43. The molecule has 2 heteroatoms. The van der Waals surface area contributed by atoms with Gasteiger partial charge in [-0.15, -0.1) is 0 Å². The Morgan fingerprint density at radius 2 is 1.93 bits per heavy atom. The van der Waals surface area contributed by atoms with Gasteiger partial charge < -0.3 is 5.73 Å². The van der Waals surface area contributed by atoms with Gasteiger partial charge in [-0.2, -0.15) is 0 Å². The zero-order valence-corrected chi connectivity index (χ0v) is 9.49. The minimum atomic E-state index is -0.145. The van der Waals surface area contributed by atoms with E-state index in [4.69, 9.17) is 17.3 Å². The third-order valence-corrected chi connectivity index (χ3v) is 3.68. The number of hydrogen-bond donors (Lipinski definition) is 1. The summed E-state index contributed by atoms with van der Waals surface area (Å²) >= 11 is 6.28. The molecule has 0 aromatic heterocycles. The number of rotatable bonds is 1. The van der Waals surface area contributed by atoms with Crippen LogP contribution in [-0.2, 0) is 5.54 Å². The molecule has 0 saturated heterocycles. The molecule has 0 amide bonds. The summed E-state index contributed by atoms with van der Waals surface area (Å²) in [6, 6.07) is 4.24. The highest BCUT2D eigenvalue weighted by Gasteiger charge is 2.36. The molecule has 1 nitrogen and oxygen atoms in total. The second kappa shape index (κ2) is 3.25. The van der Waals surface area contributed by atoms with Crippen LogP contribution in [0.2, 0.25) is 5.02 Å². The first-order valence-corrected chi connectivity index (χ1v) is 5.47. The van der Waals surface area contributed by atoms with E-state index < -0.39 is 0 Å². The molecule has 0 radical (unpaired) electrons. The molecule has 1 aliphatic carbocycles. The highest BCUT2D eigenvalue weighted by Crippen LogP contribution is 2.42. The van der Waals surface area contributed by atoms with E-state index in [0.29, 0.717) is 0 Å². The van der Waals surface area contributed by atoms with Crippen LogP contribution in [0.1, 0.15) is 36.0 Å². The van der Waals surface area contributed by atoms with Crippen molar-refractivity contribution in [3.63, 3.8) is 0 Å². The van der Waals surface area contributed by atoms with E-state index in [1.165, 1.54) is 12.0 Å². The molecular formula is C12H16ClN. The zero-order valence-electron chi connectivity index (χ0n) is 8.73. The van der Waals surface area contributed by atoms with Crippen LogP contribution in [0.4, 0.5) is 0 Å². The molecule has 0 atom stereocenters. The Balaban J connectivity index is 2.51. The van der Waals surface area contributed by atoms with Crippen molar-refractivity contribution in [1.82, 2.24) is 0 Å². The Morgan fingerprint density at radius 1 is 1.29 bits per heavy atom. The van der Waals surface area contributed by atoms with E-state index >= 15 is 0 Å². The Bertz CT molecular complexity index is 367. The molecule has 1 aromatic rings. The van der Waals surface area contributed by atoms with Crippen LogP contribution in [0.25, 0.3) is 0 Å². The van der Waals surface area contributed by atoms with Crippen molar-refractivity contribution < 1.29 is 0 Å². The third-order valence-electron chi connectivity index (χ3n) is 3.18. The fourth-order valence-corrected chi connectivity index (χ4v) is 2.44. The predicted molar refractivity (Wildman–Crippen MR) is 60.6 cm³/mol. The van der Waals surface area contributed by atoms with Crippen LogP contribution in [0, 0.1) is 13.8 Å². The minimum absolute atomic E-state index is 0.145. The summed E-state index contributed by atoms with van der Waals surface area (Å²) in [5.74, 6) is 0. The summed E-state index contributed by atoms with van der Waals surface area (Å²) in [7, 11) is 0. The molecular weight excluding hydrogens is 194 g/mol. The Hall–Kier alpha value is -0.530. The minimum Gasteiger partial charge on any atom is -0.321 e. The number of hydrogen-bond acceptors (Lipinski definition) is 1. The molecule has 1 aromatic carbocycles.